The number of hydrogen-bond acceptors (Lipinski definition) is 4. The lowest BCUT2D eigenvalue weighted by molar-refractivity contribution is 0.105. The molecule has 20 heavy (non-hydrogen) atoms. The second-order valence-corrected chi connectivity index (χ2v) is 6.95. The minimum Gasteiger partial charge on any atom is -0.378 e. The normalized spacial score (nSPS) is 21.0. The van der Waals surface area contributed by atoms with E-state index in [1.54, 1.807) is 24.3 Å². The minimum atomic E-state index is -3.44. The van der Waals surface area contributed by atoms with E-state index in [4.69, 9.17) is 10.5 Å². The van der Waals surface area contributed by atoms with Gasteiger partial charge < -0.3 is 10.5 Å². The molecule has 1 aliphatic rings. The van der Waals surface area contributed by atoms with E-state index < -0.39 is 10.0 Å². The molecule has 1 aliphatic heterocycles. The summed E-state index contributed by atoms with van der Waals surface area (Å²) in [6.45, 7) is 3.06. The van der Waals surface area contributed by atoms with Crippen LogP contribution in [0.4, 0.5) is 0 Å². The second kappa shape index (κ2) is 6.67. The van der Waals surface area contributed by atoms with Crippen molar-refractivity contribution in [3.05, 3.63) is 29.8 Å². The molecule has 3 N–H and O–H groups in total. The van der Waals surface area contributed by atoms with Crippen molar-refractivity contribution >= 4 is 10.0 Å². The predicted molar refractivity (Wildman–Crippen MR) is 77.8 cm³/mol. The number of nitrogens with one attached hydrogen (secondary N) is 1. The van der Waals surface area contributed by atoms with Crippen LogP contribution in [-0.4, -0.2) is 27.7 Å². The second-order valence-electron chi connectivity index (χ2n) is 5.18. The largest absolute Gasteiger partial charge is 0.378 e. The zero-order valence-electron chi connectivity index (χ0n) is 11.7. The highest BCUT2D eigenvalue weighted by molar-refractivity contribution is 7.89. The number of benzene rings is 1. The molecule has 0 aromatic heterocycles. The van der Waals surface area contributed by atoms with E-state index >= 15 is 0 Å². The van der Waals surface area contributed by atoms with E-state index in [-0.39, 0.29) is 17.0 Å². The summed E-state index contributed by atoms with van der Waals surface area (Å²) >= 11 is 0. The van der Waals surface area contributed by atoms with E-state index in [0.717, 1.165) is 31.4 Å². The van der Waals surface area contributed by atoms with Crippen LogP contribution >= 0.6 is 0 Å². The van der Waals surface area contributed by atoms with Gasteiger partial charge in [-0.15, -0.1) is 0 Å². The predicted octanol–water partition coefficient (Wildman–Crippen LogP) is 1.55. The van der Waals surface area contributed by atoms with Crippen LogP contribution in [0.3, 0.4) is 0 Å². The number of rotatable bonds is 6. The molecule has 0 aliphatic carbocycles. The molecule has 0 amide bonds. The van der Waals surface area contributed by atoms with Crippen LogP contribution < -0.4 is 10.5 Å². The Labute approximate surface area is 120 Å². The summed E-state index contributed by atoms with van der Waals surface area (Å²) in [5.41, 5.74) is 6.66. The smallest absolute Gasteiger partial charge is 0.240 e. The van der Waals surface area contributed by atoms with Gasteiger partial charge in [-0.25, -0.2) is 13.1 Å². The highest BCUT2D eigenvalue weighted by Gasteiger charge is 2.18. The fraction of sp³-hybridized carbons (Fsp3) is 0.571. The summed E-state index contributed by atoms with van der Waals surface area (Å²) < 4.78 is 32.3. The molecule has 6 heteroatoms. The summed E-state index contributed by atoms with van der Waals surface area (Å²) in [7, 11) is -3.44. The number of sulfonamides is 1. The first-order valence-corrected chi connectivity index (χ1v) is 8.44. The summed E-state index contributed by atoms with van der Waals surface area (Å²) in [5, 5.41) is 0. The van der Waals surface area contributed by atoms with Gasteiger partial charge in [-0.05, 0) is 43.9 Å². The molecule has 2 atom stereocenters. The Balaban J connectivity index is 1.91. The van der Waals surface area contributed by atoms with Gasteiger partial charge in [-0.3, -0.25) is 0 Å². The van der Waals surface area contributed by atoms with Crippen LogP contribution in [0.2, 0.25) is 0 Å². The van der Waals surface area contributed by atoms with E-state index in [9.17, 15) is 8.42 Å². The Morgan fingerprint density at radius 3 is 2.65 bits per heavy atom. The van der Waals surface area contributed by atoms with Crippen LogP contribution in [0.25, 0.3) is 0 Å². The molecule has 112 valence electrons. The molecular weight excluding hydrogens is 276 g/mol. The van der Waals surface area contributed by atoms with Crippen LogP contribution in [0.15, 0.2) is 29.2 Å². The Bertz CT molecular complexity index is 520. The van der Waals surface area contributed by atoms with Crippen molar-refractivity contribution in [1.82, 2.24) is 4.72 Å². The molecule has 1 aromatic carbocycles. The van der Waals surface area contributed by atoms with Gasteiger partial charge >= 0.3 is 0 Å². The highest BCUT2D eigenvalue weighted by Crippen LogP contribution is 2.16. The van der Waals surface area contributed by atoms with Gasteiger partial charge in [0.1, 0.15) is 0 Å². The van der Waals surface area contributed by atoms with Gasteiger partial charge in [0.15, 0.2) is 0 Å². The molecule has 2 unspecified atom stereocenters. The van der Waals surface area contributed by atoms with Gasteiger partial charge in [0.25, 0.3) is 0 Å². The lowest BCUT2D eigenvalue weighted by atomic mass is 10.1. The number of nitrogens with two attached hydrogens (primary N) is 1. The minimum absolute atomic E-state index is 0.0979. The van der Waals surface area contributed by atoms with Crippen molar-refractivity contribution in [3.63, 3.8) is 0 Å². The number of hydrogen-bond donors (Lipinski definition) is 2. The van der Waals surface area contributed by atoms with Crippen LogP contribution in [0, 0.1) is 0 Å². The van der Waals surface area contributed by atoms with Crippen LogP contribution in [0.1, 0.15) is 37.8 Å². The van der Waals surface area contributed by atoms with Gasteiger partial charge in [-0.1, -0.05) is 12.1 Å². The fourth-order valence-electron chi connectivity index (χ4n) is 2.26. The quantitative estimate of drug-likeness (QED) is 0.835. The summed E-state index contributed by atoms with van der Waals surface area (Å²) in [6.07, 6.45) is 3.00. The molecule has 0 bridgehead atoms. The maximum Gasteiger partial charge on any atom is 0.240 e. The van der Waals surface area contributed by atoms with Crippen molar-refractivity contribution < 1.29 is 13.2 Å². The molecule has 1 saturated heterocycles. The van der Waals surface area contributed by atoms with E-state index in [1.165, 1.54) is 0 Å². The first kappa shape index (κ1) is 15.4. The first-order valence-electron chi connectivity index (χ1n) is 6.96. The molecule has 0 radical (unpaired) electrons. The lowest BCUT2D eigenvalue weighted by Crippen LogP contribution is -2.27. The monoisotopic (exact) mass is 298 g/mol. The van der Waals surface area contributed by atoms with Crippen LogP contribution in [-0.2, 0) is 14.8 Å². The SMILES string of the molecule is CC(N)c1ccc(S(=O)(=O)NCCC2CCCO2)cc1. The molecule has 1 aromatic rings. The van der Waals surface area contributed by atoms with E-state index in [2.05, 4.69) is 4.72 Å². The van der Waals surface area contributed by atoms with Crippen molar-refractivity contribution in [2.45, 2.75) is 43.2 Å². The maximum atomic E-state index is 12.1. The third-order valence-electron chi connectivity index (χ3n) is 3.50. The van der Waals surface area contributed by atoms with Crippen LogP contribution in [0.5, 0.6) is 0 Å². The fourth-order valence-corrected chi connectivity index (χ4v) is 3.31. The van der Waals surface area contributed by atoms with Gasteiger partial charge in [0.05, 0.1) is 11.0 Å². The molecule has 2 rings (SSSR count). The maximum absolute atomic E-state index is 12.1. The number of ether oxygens (including phenoxy) is 1. The van der Waals surface area contributed by atoms with Gasteiger partial charge in [0, 0.05) is 19.2 Å². The Morgan fingerprint density at radius 1 is 1.40 bits per heavy atom. The third-order valence-corrected chi connectivity index (χ3v) is 4.98. The third kappa shape index (κ3) is 4.02. The molecule has 0 saturated carbocycles. The standard InChI is InChI=1S/C14H22N2O3S/c1-11(15)12-4-6-14(7-5-12)20(17,18)16-9-8-13-3-2-10-19-13/h4-7,11,13,16H,2-3,8-10,15H2,1H3. The molecule has 1 heterocycles. The topological polar surface area (TPSA) is 81.4 Å². The summed E-state index contributed by atoms with van der Waals surface area (Å²) in [6, 6.07) is 6.58. The Morgan fingerprint density at radius 2 is 2.10 bits per heavy atom. The van der Waals surface area contributed by atoms with Crippen molar-refractivity contribution in [2.75, 3.05) is 13.2 Å². The molecular formula is C14H22N2O3S. The highest BCUT2D eigenvalue weighted by atomic mass is 32.2. The summed E-state index contributed by atoms with van der Waals surface area (Å²) in [5.74, 6) is 0. The Kier molecular flexibility index (Phi) is 5.15. The molecule has 0 spiro atoms. The van der Waals surface area contributed by atoms with Crippen molar-refractivity contribution in [1.29, 1.82) is 0 Å². The van der Waals surface area contributed by atoms with Gasteiger partial charge in [0.2, 0.25) is 10.0 Å². The van der Waals surface area contributed by atoms with Gasteiger partial charge in [-0.2, -0.15) is 0 Å². The Hall–Kier alpha value is -0.950. The zero-order chi connectivity index (χ0) is 14.6. The van der Waals surface area contributed by atoms with E-state index in [1.807, 2.05) is 6.92 Å². The van der Waals surface area contributed by atoms with E-state index in [0.29, 0.717) is 6.54 Å². The lowest BCUT2D eigenvalue weighted by Gasteiger charge is -2.11. The summed E-state index contributed by atoms with van der Waals surface area (Å²) in [4.78, 5) is 0.272. The first-order chi connectivity index (χ1) is 9.49. The zero-order valence-corrected chi connectivity index (χ0v) is 12.5. The van der Waals surface area contributed by atoms with Crippen molar-refractivity contribution in [3.8, 4) is 0 Å². The molecule has 5 nitrogen and oxygen atoms in total. The average molecular weight is 298 g/mol. The average Bonchev–Trinajstić information content (AvgIpc) is 2.92. The van der Waals surface area contributed by atoms with Crippen molar-refractivity contribution in [2.24, 2.45) is 5.73 Å². The molecule has 1 fully saturated rings.